The van der Waals surface area contributed by atoms with E-state index in [9.17, 15) is 4.79 Å². The monoisotopic (exact) mass is 314 g/mol. The van der Waals surface area contributed by atoms with Crippen LogP contribution in [0.3, 0.4) is 0 Å². The second-order valence-corrected chi connectivity index (χ2v) is 4.77. The standard InChI is InChI=1S/C15H22N2O3.ClH/c1-2-19-13-7-5-12(6-8-13)17-15(18)11-16-10-14-4-3-9-20-14;/h5-8,14,16H,2-4,9-11H2,1H3,(H,17,18);1H. The Morgan fingerprint density at radius 3 is 2.76 bits per heavy atom. The molecule has 0 aromatic heterocycles. The van der Waals surface area contributed by atoms with Crippen molar-refractivity contribution in [3.05, 3.63) is 24.3 Å². The Morgan fingerprint density at radius 1 is 1.38 bits per heavy atom. The lowest BCUT2D eigenvalue weighted by Crippen LogP contribution is -2.33. The van der Waals surface area contributed by atoms with Crippen molar-refractivity contribution in [2.45, 2.75) is 25.9 Å². The van der Waals surface area contributed by atoms with E-state index in [4.69, 9.17) is 9.47 Å². The molecule has 0 saturated carbocycles. The molecule has 1 atom stereocenters. The smallest absolute Gasteiger partial charge is 0.238 e. The van der Waals surface area contributed by atoms with Crippen LogP contribution >= 0.6 is 12.4 Å². The highest BCUT2D eigenvalue weighted by molar-refractivity contribution is 5.92. The van der Waals surface area contributed by atoms with Crippen LogP contribution in [0.5, 0.6) is 5.75 Å². The van der Waals surface area contributed by atoms with Crippen molar-refractivity contribution in [1.29, 1.82) is 0 Å². The van der Waals surface area contributed by atoms with Crippen LogP contribution in [0.1, 0.15) is 19.8 Å². The molecule has 1 heterocycles. The van der Waals surface area contributed by atoms with E-state index in [0.29, 0.717) is 13.2 Å². The molecule has 0 aliphatic carbocycles. The molecule has 21 heavy (non-hydrogen) atoms. The summed E-state index contributed by atoms with van der Waals surface area (Å²) >= 11 is 0. The third-order valence-electron chi connectivity index (χ3n) is 3.13. The molecule has 1 unspecified atom stereocenters. The number of hydrogen-bond acceptors (Lipinski definition) is 4. The van der Waals surface area contributed by atoms with Gasteiger partial charge in [0, 0.05) is 18.8 Å². The SMILES string of the molecule is CCOc1ccc(NC(=O)CNCC2CCCO2)cc1.Cl. The Kier molecular flexibility index (Phi) is 8.12. The summed E-state index contributed by atoms with van der Waals surface area (Å²) in [5, 5.41) is 5.96. The highest BCUT2D eigenvalue weighted by Crippen LogP contribution is 2.15. The van der Waals surface area contributed by atoms with Crippen LogP contribution in [0.25, 0.3) is 0 Å². The number of ether oxygens (including phenoxy) is 2. The van der Waals surface area contributed by atoms with Gasteiger partial charge in [-0.2, -0.15) is 0 Å². The van der Waals surface area contributed by atoms with Crippen LogP contribution in [0, 0.1) is 0 Å². The largest absolute Gasteiger partial charge is 0.494 e. The number of nitrogens with one attached hydrogen (secondary N) is 2. The summed E-state index contributed by atoms with van der Waals surface area (Å²) in [6, 6.07) is 7.36. The van der Waals surface area contributed by atoms with E-state index in [1.165, 1.54) is 0 Å². The number of halogens is 1. The van der Waals surface area contributed by atoms with Crippen LogP contribution in [-0.4, -0.2) is 38.3 Å². The topological polar surface area (TPSA) is 59.6 Å². The van der Waals surface area contributed by atoms with Crippen LogP contribution < -0.4 is 15.4 Å². The Labute approximate surface area is 131 Å². The summed E-state index contributed by atoms with van der Waals surface area (Å²) in [7, 11) is 0. The fourth-order valence-electron chi connectivity index (χ4n) is 2.16. The maximum atomic E-state index is 11.8. The molecule has 1 fully saturated rings. The summed E-state index contributed by atoms with van der Waals surface area (Å²) in [5.74, 6) is 0.758. The molecular formula is C15H23ClN2O3. The van der Waals surface area contributed by atoms with E-state index < -0.39 is 0 Å². The Morgan fingerprint density at radius 2 is 2.14 bits per heavy atom. The minimum atomic E-state index is -0.0489. The third-order valence-corrected chi connectivity index (χ3v) is 3.13. The molecule has 0 radical (unpaired) electrons. The molecule has 1 aliphatic heterocycles. The van der Waals surface area contributed by atoms with E-state index in [1.54, 1.807) is 0 Å². The van der Waals surface area contributed by atoms with Crippen LogP contribution in [-0.2, 0) is 9.53 Å². The molecule has 1 aliphatic rings. The first-order valence-corrected chi connectivity index (χ1v) is 7.13. The summed E-state index contributed by atoms with van der Waals surface area (Å²) in [4.78, 5) is 11.8. The van der Waals surface area contributed by atoms with Crippen LogP contribution in [0.15, 0.2) is 24.3 Å². The summed E-state index contributed by atoms with van der Waals surface area (Å²) in [6.07, 6.45) is 2.45. The van der Waals surface area contributed by atoms with Crippen LogP contribution in [0.4, 0.5) is 5.69 Å². The lowest BCUT2D eigenvalue weighted by molar-refractivity contribution is -0.115. The van der Waals surface area contributed by atoms with Gasteiger partial charge in [-0.1, -0.05) is 0 Å². The third kappa shape index (κ3) is 6.33. The predicted molar refractivity (Wildman–Crippen MR) is 85.3 cm³/mol. The lowest BCUT2D eigenvalue weighted by Gasteiger charge is -2.11. The zero-order valence-corrected chi connectivity index (χ0v) is 13.1. The van der Waals surface area contributed by atoms with Gasteiger partial charge < -0.3 is 20.1 Å². The second-order valence-electron chi connectivity index (χ2n) is 4.77. The predicted octanol–water partition coefficient (Wildman–Crippen LogP) is 2.21. The summed E-state index contributed by atoms with van der Waals surface area (Å²) in [6.45, 7) is 4.45. The number of rotatable bonds is 7. The van der Waals surface area contributed by atoms with Gasteiger partial charge in [-0.3, -0.25) is 4.79 Å². The Bertz CT molecular complexity index is 419. The summed E-state index contributed by atoms with van der Waals surface area (Å²) < 4.78 is 10.8. The van der Waals surface area contributed by atoms with Gasteiger partial charge in [-0.25, -0.2) is 0 Å². The maximum Gasteiger partial charge on any atom is 0.238 e. The van der Waals surface area contributed by atoms with E-state index >= 15 is 0 Å². The highest BCUT2D eigenvalue weighted by atomic mass is 35.5. The van der Waals surface area contributed by atoms with E-state index in [0.717, 1.165) is 37.4 Å². The van der Waals surface area contributed by atoms with Crippen molar-refractivity contribution < 1.29 is 14.3 Å². The average molecular weight is 315 g/mol. The molecule has 1 saturated heterocycles. The fourth-order valence-corrected chi connectivity index (χ4v) is 2.16. The molecule has 1 aromatic carbocycles. The maximum absolute atomic E-state index is 11.8. The van der Waals surface area contributed by atoms with E-state index in [-0.39, 0.29) is 24.4 Å². The zero-order valence-electron chi connectivity index (χ0n) is 12.3. The number of hydrogen-bond donors (Lipinski definition) is 2. The zero-order chi connectivity index (χ0) is 14.2. The second kappa shape index (κ2) is 9.60. The van der Waals surface area contributed by atoms with Gasteiger partial charge in [0.2, 0.25) is 5.91 Å². The van der Waals surface area contributed by atoms with Gasteiger partial charge in [0.05, 0.1) is 19.3 Å². The minimum absolute atomic E-state index is 0. The van der Waals surface area contributed by atoms with Gasteiger partial charge in [0.15, 0.2) is 0 Å². The molecule has 5 nitrogen and oxygen atoms in total. The average Bonchev–Trinajstić information content (AvgIpc) is 2.94. The fraction of sp³-hybridized carbons (Fsp3) is 0.533. The first-order chi connectivity index (χ1) is 9.78. The number of carbonyl (C=O) groups is 1. The lowest BCUT2D eigenvalue weighted by atomic mass is 10.2. The van der Waals surface area contributed by atoms with Gasteiger partial charge in [0.25, 0.3) is 0 Å². The van der Waals surface area contributed by atoms with Crippen molar-refractivity contribution in [2.24, 2.45) is 0 Å². The Balaban J connectivity index is 0.00000220. The highest BCUT2D eigenvalue weighted by Gasteiger charge is 2.15. The molecule has 1 amide bonds. The van der Waals surface area contributed by atoms with Crippen molar-refractivity contribution in [3.8, 4) is 5.75 Å². The Hall–Kier alpha value is -1.30. The van der Waals surface area contributed by atoms with Crippen molar-refractivity contribution in [1.82, 2.24) is 5.32 Å². The van der Waals surface area contributed by atoms with Crippen LogP contribution in [0.2, 0.25) is 0 Å². The van der Waals surface area contributed by atoms with Gasteiger partial charge >= 0.3 is 0 Å². The molecule has 0 bridgehead atoms. The van der Waals surface area contributed by atoms with Crippen molar-refractivity contribution in [2.75, 3.05) is 31.6 Å². The van der Waals surface area contributed by atoms with Gasteiger partial charge in [-0.05, 0) is 44.0 Å². The van der Waals surface area contributed by atoms with Crippen molar-refractivity contribution >= 4 is 24.0 Å². The first-order valence-electron chi connectivity index (χ1n) is 7.13. The van der Waals surface area contributed by atoms with Gasteiger partial charge in [0.1, 0.15) is 5.75 Å². The van der Waals surface area contributed by atoms with E-state index in [1.807, 2.05) is 31.2 Å². The molecule has 2 N–H and O–H groups in total. The number of amides is 1. The summed E-state index contributed by atoms with van der Waals surface area (Å²) in [5.41, 5.74) is 0.775. The van der Waals surface area contributed by atoms with E-state index in [2.05, 4.69) is 10.6 Å². The quantitative estimate of drug-likeness (QED) is 0.810. The number of anilines is 1. The molecule has 1 aromatic rings. The number of carbonyl (C=O) groups excluding carboxylic acids is 1. The normalized spacial score (nSPS) is 17.1. The first kappa shape index (κ1) is 17.8. The molecular weight excluding hydrogens is 292 g/mol. The molecule has 6 heteroatoms. The van der Waals surface area contributed by atoms with Crippen molar-refractivity contribution in [3.63, 3.8) is 0 Å². The van der Waals surface area contributed by atoms with Gasteiger partial charge in [-0.15, -0.1) is 12.4 Å². The molecule has 118 valence electrons. The molecule has 2 rings (SSSR count). The number of benzene rings is 1. The minimum Gasteiger partial charge on any atom is -0.494 e. The molecule has 0 spiro atoms.